The largest absolute Gasteiger partial charge is 0.393 e. The Hall–Kier alpha value is -0.370. The molecule has 47 valence electrons. The highest BCUT2D eigenvalue weighted by molar-refractivity contribution is 5.55. The van der Waals surface area contributed by atoms with Crippen molar-refractivity contribution in [3.63, 3.8) is 0 Å². The molecule has 0 aromatic rings. The minimum Gasteiger partial charge on any atom is -0.393 e. The molecular weight excluding hydrogens is 104 g/mol. The van der Waals surface area contributed by atoms with E-state index in [1.165, 1.54) is 0 Å². The third kappa shape index (κ3) is 2.07. The molecule has 2 heteroatoms. The third-order valence-electron chi connectivity index (χ3n) is 1.17. The minimum atomic E-state index is -0.544. The first-order valence-corrected chi connectivity index (χ1v) is 2.78. The van der Waals surface area contributed by atoms with Crippen molar-refractivity contribution in [2.24, 2.45) is 5.92 Å². The molecule has 2 atom stereocenters. The van der Waals surface area contributed by atoms with Crippen LogP contribution in [0.3, 0.4) is 0 Å². The normalized spacial score (nSPS) is 17.4. The summed E-state index contributed by atoms with van der Waals surface area (Å²) in [5.41, 5.74) is 0. The fraction of sp³-hybridized carbons (Fsp3) is 0.833. The van der Waals surface area contributed by atoms with Crippen molar-refractivity contribution >= 4 is 6.29 Å². The van der Waals surface area contributed by atoms with Gasteiger partial charge < -0.3 is 5.11 Å². The molecule has 2 nitrogen and oxygen atoms in total. The first-order valence-electron chi connectivity index (χ1n) is 2.78. The van der Waals surface area contributed by atoms with Gasteiger partial charge in [-0.1, -0.05) is 6.92 Å². The van der Waals surface area contributed by atoms with Gasteiger partial charge in [-0.25, -0.2) is 0 Å². The van der Waals surface area contributed by atoms with Gasteiger partial charge in [0.2, 0.25) is 6.29 Å². The van der Waals surface area contributed by atoms with Crippen LogP contribution < -0.4 is 0 Å². The summed E-state index contributed by atoms with van der Waals surface area (Å²) in [6.07, 6.45) is 1.87. The van der Waals surface area contributed by atoms with Crippen molar-refractivity contribution in [1.82, 2.24) is 0 Å². The molecule has 0 spiro atoms. The Morgan fingerprint density at radius 1 is 1.75 bits per heavy atom. The predicted molar refractivity (Wildman–Crippen MR) is 31.2 cm³/mol. The minimum absolute atomic E-state index is 0.296. The third-order valence-corrected chi connectivity index (χ3v) is 1.17. The Bertz CT molecular complexity index is 68.9. The fourth-order valence-corrected chi connectivity index (χ4v) is 0.523. The quantitative estimate of drug-likeness (QED) is 0.581. The molecule has 0 rings (SSSR count). The Labute approximate surface area is 49.5 Å². The maximum Gasteiger partial charge on any atom is 0.204 e. The van der Waals surface area contributed by atoms with Crippen LogP contribution in [0, 0.1) is 5.92 Å². The van der Waals surface area contributed by atoms with E-state index in [9.17, 15) is 4.79 Å². The van der Waals surface area contributed by atoms with Crippen LogP contribution in [-0.2, 0) is 4.79 Å². The van der Waals surface area contributed by atoms with Gasteiger partial charge in [0, 0.05) is 0 Å². The number of carbonyl (C=O) groups excluding carboxylic acids is 1. The number of aliphatic hydroxyl groups excluding tert-OH is 1. The summed E-state index contributed by atoms with van der Waals surface area (Å²) in [6, 6.07) is 0. The van der Waals surface area contributed by atoms with E-state index in [1.807, 2.05) is 6.92 Å². The van der Waals surface area contributed by atoms with Crippen molar-refractivity contribution in [3.05, 3.63) is 0 Å². The van der Waals surface area contributed by atoms with Crippen LogP contribution in [0.5, 0.6) is 0 Å². The maximum absolute atomic E-state index is 9.89. The van der Waals surface area contributed by atoms with Crippen LogP contribution in [-0.4, -0.2) is 17.5 Å². The van der Waals surface area contributed by atoms with Gasteiger partial charge in [0.15, 0.2) is 0 Å². The van der Waals surface area contributed by atoms with E-state index in [1.54, 1.807) is 13.2 Å². The molecule has 1 radical (unpaired) electrons. The predicted octanol–water partition coefficient (Wildman–Crippen LogP) is 0.503. The highest BCUT2D eigenvalue weighted by Crippen LogP contribution is 2.02. The van der Waals surface area contributed by atoms with E-state index in [0.29, 0.717) is 6.42 Å². The summed E-state index contributed by atoms with van der Waals surface area (Å²) < 4.78 is 0. The van der Waals surface area contributed by atoms with E-state index in [-0.39, 0.29) is 5.92 Å². The van der Waals surface area contributed by atoms with E-state index in [0.717, 1.165) is 0 Å². The molecule has 0 amide bonds. The molecule has 0 aliphatic carbocycles. The first kappa shape index (κ1) is 7.63. The van der Waals surface area contributed by atoms with Gasteiger partial charge in [-0.05, 0) is 13.3 Å². The standard InChI is InChI=1S/C6H11O2/c1-3-6(4-7)5(2)8/h5-6,8H,3H2,1-2H3. The summed E-state index contributed by atoms with van der Waals surface area (Å²) in [5, 5.41) is 8.75. The van der Waals surface area contributed by atoms with Crippen molar-refractivity contribution in [1.29, 1.82) is 0 Å². The Morgan fingerprint density at radius 3 is 2.25 bits per heavy atom. The topological polar surface area (TPSA) is 37.3 Å². The highest BCUT2D eigenvalue weighted by Gasteiger charge is 2.10. The molecule has 0 aromatic carbocycles. The zero-order chi connectivity index (χ0) is 6.57. The van der Waals surface area contributed by atoms with E-state index in [4.69, 9.17) is 5.11 Å². The molecule has 0 saturated heterocycles. The molecule has 0 heterocycles. The van der Waals surface area contributed by atoms with Crippen molar-refractivity contribution < 1.29 is 9.90 Å². The first-order chi connectivity index (χ1) is 3.72. The number of aliphatic hydroxyl groups is 1. The summed E-state index contributed by atoms with van der Waals surface area (Å²) in [5.74, 6) is -0.296. The van der Waals surface area contributed by atoms with Gasteiger partial charge in [-0.2, -0.15) is 0 Å². The van der Waals surface area contributed by atoms with Crippen molar-refractivity contribution in [2.45, 2.75) is 26.4 Å². The summed E-state index contributed by atoms with van der Waals surface area (Å²) in [7, 11) is 0. The number of hydrogen-bond acceptors (Lipinski definition) is 2. The molecule has 0 aliphatic heterocycles. The second-order valence-corrected chi connectivity index (χ2v) is 1.87. The summed E-state index contributed by atoms with van der Waals surface area (Å²) in [4.78, 5) is 9.89. The lowest BCUT2D eigenvalue weighted by Gasteiger charge is -2.07. The SMILES string of the molecule is CCC([C]=O)C(C)O. The van der Waals surface area contributed by atoms with Gasteiger partial charge in [0.25, 0.3) is 0 Å². The van der Waals surface area contributed by atoms with Crippen LogP contribution in [0.15, 0.2) is 0 Å². The Morgan fingerprint density at radius 2 is 2.25 bits per heavy atom. The van der Waals surface area contributed by atoms with Crippen LogP contribution in [0.4, 0.5) is 0 Å². The second-order valence-electron chi connectivity index (χ2n) is 1.87. The zero-order valence-electron chi connectivity index (χ0n) is 5.22. The Kier molecular flexibility index (Phi) is 3.44. The molecule has 0 aromatic heterocycles. The summed E-state index contributed by atoms with van der Waals surface area (Å²) >= 11 is 0. The van der Waals surface area contributed by atoms with Crippen LogP contribution in [0.25, 0.3) is 0 Å². The number of rotatable bonds is 3. The average molecular weight is 115 g/mol. The molecule has 2 unspecified atom stereocenters. The lowest BCUT2D eigenvalue weighted by Crippen LogP contribution is -2.16. The van der Waals surface area contributed by atoms with E-state index in [2.05, 4.69) is 0 Å². The smallest absolute Gasteiger partial charge is 0.204 e. The monoisotopic (exact) mass is 115 g/mol. The Balaban J connectivity index is 3.51. The van der Waals surface area contributed by atoms with Crippen LogP contribution in [0.2, 0.25) is 0 Å². The molecule has 8 heavy (non-hydrogen) atoms. The van der Waals surface area contributed by atoms with E-state index < -0.39 is 6.10 Å². The van der Waals surface area contributed by atoms with Crippen LogP contribution in [0.1, 0.15) is 20.3 Å². The molecule has 1 N–H and O–H groups in total. The zero-order valence-corrected chi connectivity index (χ0v) is 5.22. The number of hydrogen-bond donors (Lipinski definition) is 1. The van der Waals surface area contributed by atoms with Crippen molar-refractivity contribution in [2.75, 3.05) is 0 Å². The van der Waals surface area contributed by atoms with Gasteiger partial charge in [0.1, 0.15) is 0 Å². The lowest BCUT2D eigenvalue weighted by molar-refractivity contribution is 0.153. The summed E-state index contributed by atoms with van der Waals surface area (Å²) in [6.45, 7) is 3.45. The van der Waals surface area contributed by atoms with Gasteiger partial charge >= 0.3 is 0 Å². The second kappa shape index (κ2) is 3.61. The maximum atomic E-state index is 9.89. The van der Waals surface area contributed by atoms with E-state index >= 15 is 0 Å². The lowest BCUT2D eigenvalue weighted by atomic mass is 10.0. The van der Waals surface area contributed by atoms with Crippen molar-refractivity contribution in [3.8, 4) is 0 Å². The highest BCUT2D eigenvalue weighted by atomic mass is 16.3. The van der Waals surface area contributed by atoms with Gasteiger partial charge in [-0.15, -0.1) is 0 Å². The average Bonchev–Trinajstić information content (AvgIpc) is 1.69. The van der Waals surface area contributed by atoms with Gasteiger partial charge in [0.05, 0.1) is 12.0 Å². The van der Waals surface area contributed by atoms with Crippen LogP contribution >= 0.6 is 0 Å². The molecular formula is C6H11O2. The molecule has 0 bridgehead atoms. The fourth-order valence-electron chi connectivity index (χ4n) is 0.523. The van der Waals surface area contributed by atoms with Gasteiger partial charge in [-0.3, -0.25) is 4.79 Å². The molecule has 0 aliphatic rings. The molecule has 0 saturated carbocycles. The molecule has 0 fully saturated rings.